The first-order chi connectivity index (χ1) is 12.4. The van der Waals surface area contributed by atoms with Gasteiger partial charge in [0.05, 0.1) is 0 Å². The molecule has 2 aromatic rings. The number of aryl methyl sites for hydroxylation is 2. The predicted molar refractivity (Wildman–Crippen MR) is 106 cm³/mol. The van der Waals surface area contributed by atoms with E-state index in [1.54, 1.807) is 6.07 Å². The van der Waals surface area contributed by atoms with Gasteiger partial charge in [0.15, 0.2) is 0 Å². The number of amides is 1. The van der Waals surface area contributed by atoms with Crippen LogP contribution in [0.1, 0.15) is 72.9 Å². The van der Waals surface area contributed by atoms with Crippen LogP contribution in [0.4, 0.5) is 11.5 Å². The van der Waals surface area contributed by atoms with Gasteiger partial charge >= 0.3 is 0 Å². The summed E-state index contributed by atoms with van der Waals surface area (Å²) in [5.74, 6) is 1.48. The van der Waals surface area contributed by atoms with Crippen LogP contribution in [-0.4, -0.2) is 21.9 Å². The van der Waals surface area contributed by atoms with E-state index in [1.165, 1.54) is 12.8 Å². The summed E-state index contributed by atoms with van der Waals surface area (Å²) in [6, 6.07) is 8.31. The second-order valence-electron chi connectivity index (χ2n) is 7.46. The van der Waals surface area contributed by atoms with Gasteiger partial charge in [-0.1, -0.05) is 44.9 Å². The Morgan fingerprint density at radius 1 is 1.15 bits per heavy atom. The molecule has 1 aliphatic rings. The molecule has 5 nitrogen and oxygen atoms in total. The molecule has 1 aliphatic carbocycles. The fraction of sp³-hybridized carbons (Fsp3) is 0.476. The average molecular weight is 352 g/mol. The van der Waals surface area contributed by atoms with Gasteiger partial charge in [0.25, 0.3) is 5.91 Å². The molecule has 1 saturated carbocycles. The van der Waals surface area contributed by atoms with Gasteiger partial charge in [-0.15, -0.1) is 0 Å². The van der Waals surface area contributed by atoms with Crippen molar-refractivity contribution < 1.29 is 4.79 Å². The summed E-state index contributed by atoms with van der Waals surface area (Å²) in [5.41, 5.74) is 3.47. The van der Waals surface area contributed by atoms with Gasteiger partial charge < -0.3 is 10.6 Å². The Balaban J connectivity index is 1.83. The molecule has 1 amide bonds. The first kappa shape index (κ1) is 18.4. The molecule has 0 bridgehead atoms. The lowest BCUT2D eigenvalue weighted by atomic mass is 9.98. The normalized spacial score (nSPS) is 14.7. The Kier molecular flexibility index (Phi) is 5.55. The Labute approximate surface area is 155 Å². The number of para-hydroxylation sites is 1. The number of carbonyl (C=O) groups excluding carboxylic acids is 1. The highest BCUT2D eigenvalue weighted by Crippen LogP contribution is 2.28. The topological polar surface area (TPSA) is 66.9 Å². The van der Waals surface area contributed by atoms with Crippen molar-refractivity contribution in [1.82, 2.24) is 9.97 Å². The molecule has 0 unspecified atom stereocenters. The van der Waals surface area contributed by atoms with Gasteiger partial charge in [0.2, 0.25) is 0 Å². The molecule has 0 atom stereocenters. The van der Waals surface area contributed by atoms with Gasteiger partial charge in [0, 0.05) is 17.8 Å². The van der Waals surface area contributed by atoms with Crippen molar-refractivity contribution in [3.05, 3.63) is 46.9 Å². The summed E-state index contributed by atoms with van der Waals surface area (Å²) >= 11 is 0. The molecule has 1 aromatic carbocycles. The number of rotatable bonds is 5. The second kappa shape index (κ2) is 7.85. The fourth-order valence-electron chi connectivity index (χ4n) is 3.56. The average Bonchev–Trinajstić information content (AvgIpc) is 3.08. The van der Waals surface area contributed by atoms with E-state index in [2.05, 4.69) is 40.5 Å². The molecule has 1 fully saturated rings. The van der Waals surface area contributed by atoms with E-state index < -0.39 is 0 Å². The lowest BCUT2D eigenvalue weighted by Crippen LogP contribution is -2.20. The van der Waals surface area contributed by atoms with Crippen LogP contribution in [0, 0.1) is 13.8 Å². The van der Waals surface area contributed by atoms with Crippen LogP contribution in [0.2, 0.25) is 0 Å². The Hall–Kier alpha value is -2.43. The minimum Gasteiger partial charge on any atom is -0.367 e. The van der Waals surface area contributed by atoms with Crippen LogP contribution < -0.4 is 10.6 Å². The van der Waals surface area contributed by atoms with Gasteiger partial charge in [-0.05, 0) is 43.7 Å². The third kappa shape index (κ3) is 4.21. The largest absolute Gasteiger partial charge is 0.367 e. The second-order valence-corrected chi connectivity index (χ2v) is 7.46. The number of carbonyl (C=O) groups is 1. The highest BCUT2D eigenvalue weighted by Gasteiger charge is 2.18. The van der Waals surface area contributed by atoms with E-state index in [-0.39, 0.29) is 5.91 Å². The number of benzene rings is 1. The standard InChI is InChI=1S/C21H28N4O/c1-13(2)17-11-7-8-14(3)20(17)25-21(26)18-12-19(23-15(4)22-18)24-16-9-5-6-10-16/h7-8,11-13,16H,5-6,9-10H2,1-4H3,(H,25,26)(H,22,23,24). The van der Waals surface area contributed by atoms with Crippen molar-refractivity contribution in [2.75, 3.05) is 10.6 Å². The zero-order valence-electron chi connectivity index (χ0n) is 16.1. The lowest BCUT2D eigenvalue weighted by molar-refractivity contribution is 0.102. The maximum Gasteiger partial charge on any atom is 0.274 e. The Morgan fingerprint density at radius 2 is 1.88 bits per heavy atom. The van der Waals surface area contributed by atoms with Gasteiger partial charge in [-0.3, -0.25) is 4.79 Å². The van der Waals surface area contributed by atoms with E-state index in [9.17, 15) is 4.79 Å². The summed E-state index contributed by atoms with van der Waals surface area (Å²) in [6.45, 7) is 8.09. The summed E-state index contributed by atoms with van der Waals surface area (Å²) in [4.78, 5) is 21.6. The van der Waals surface area contributed by atoms with Crippen LogP contribution in [0.25, 0.3) is 0 Å². The molecule has 1 heterocycles. The molecule has 2 N–H and O–H groups in total. The van der Waals surface area contributed by atoms with Crippen LogP contribution in [0.3, 0.4) is 0 Å². The van der Waals surface area contributed by atoms with Crippen molar-refractivity contribution in [3.63, 3.8) is 0 Å². The predicted octanol–water partition coefficient (Wildman–Crippen LogP) is 4.82. The molecular formula is C21H28N4O. The first-order valence-electron chi connectivity index (χ1n) is 9.47. The van der Waals surface area contributed by atoms with Crippen LogP contribution in [0.5, 0.6) is 0 Å². The molecule has 138 valence electrons. The minimum absolute atomic E-state index is 0.193. The van der Waals surface area contributed by atoms with E-state index in [1.807, 2.05) is 26.0 Å². The molecule has 1 aromatic heterocycles. The smallest absolute Gasteiger partial charge is 0.274 e. The monoisotopic (exact) mass is 352 g/mol. The SMILES string of the molecule is Cc1nc(NC2CCCC2)cc(C(=O)Nc2c(C)cccc2C(C)C)n1. The number of hydrogen-bond donors (Lipinski definition) is 2. The van der Waals surface area contributed by atoms with Gasteiger partial charge in [-0.25, -0.2) is 9.97 Å². The van der Waals surface area contributed by atoms with Crippen molar-refractivity contribution in [2.45, 2.75) is 65.3 Å². The Bertz CT molecular complexity index is 795. The number of nitrogens with zero attached hydrogens (tertiary/aromatic N) is 2. The highest BCUT2D eigenvalue weighted by atomic mass is 16.1. The number of nitrogens with one attached hydrogen (secondary N) is 2. The Morgan fingerprint density at radius 3 is 2.58 bits per heavy atom. The van der Waals surface area contributed by atoms with Crippen molar-refractivity contribution >= 4 is 17.4 Å². The van der Waals surface area contributed by atoms with Crippen molar-refractivity contribution in [3.8, 4) is 0 Å². The summed E-state index contributed by atoms with van der Waals surface area (Å²) in [5, 5.41) is 6.52. The number of anilines is 2. The highest BCUT2D eigenvalue weighted by molar-refractivity contribution is 6.04. The summed E-state index contributed by atoms with van der Waals surface area (Å²) < 4.78 is 0. The molecule has 5 heteroatoms. The van der Waals surface area contributed by atoms with Crippen molar-refractivity contribution in [1.29, 1.82) is 0 Å². The van der Waals surface area contributed by atoms with E-state index in [0.29, 0.717) is 23.5 Å². The van der Waals surface area contributed by atoms with Gasteiger partial charge in [-0.2, -0.15) is 0 Å². The molecule has 0 saturated heterocycles. The van der Waals surface area contributed by atoms with Crippen LogP contribution in [0.15, 0.2) is 24.3 Å². The van der Waals surface area contributed by atoms with E-state index >= 15 is 0 Å². The van der Waals surface area contributed by atoms with Crippen molar-refractivity contribution in [2.24, 2.45) is 0 Å². The van der Waals surface area contributed by atoms with Gasteiger partial charge in [0.1, 0.15) is 17.3 Å². The minimum atomic E-state index is -0.193. The molecule has 0 aliphatic heterocycles. The number of aromatic nitrogens is 2. The molecule has 26 heavy (non-hydrogen) atoms. The molecule has 0 radical (unpaired) electrons. The zero-order valence-corrected chi connectivity index (χ0v) is 16.1. The lowest BCUT2D eigenvalue weighted by Gasteiger charge is -2.17. The maximum absolute atomic E-state index is 12.9. The number of hydrogen-bond acceptors (Lipinski definition) is 4. The molecule has 3 rings (SSSR count). The summed E-state index contributed by atoms with van der Waals surface area (Å²) in [6.07, 6.45) is 4.82. The summed E-state index contributed by atoms with van der Waals surface area (Å²) in [7, 11) is 0. The van der Waals surface area contributed by atoms with Crippen LogP contribution in [-0.2, 0) is 0 Å². The molecular weight excluding hydrogens is 324 g/mol. The quantitative estimate of drug-likeness (QED) is 0.809. The maximum atomic E-state index is 12.9. The van der Waals surface area contributed by atoms with Crippen LogP contribution >= 0.6 is 0 Å². The third-order valence-electron chi connectivity index (χ3n) is 4.94. The van der Waals surface area contributed by atoms with E-state index in [4.69, 9.17) is 0 Å². The molecule has 0 spiro atoms. The first-order valence-corrected chi connectivity index (χ1v) is 9.47. The fourth-order valence-corrected chi connectivity index (χ4v) is 3.56. The third-order valence-corrected chi connectivity index (χ3v) is 4.94. The zero-order chi connectivity index (χ0) is 18.7. The van der Waals surface area contributed by atoms with E-state index in [0.717, 1.165) is 35.5 Å².